The standard InChI is InChI=1S/C25H34N6O.HI/c1-19(21-6-5-7-23(16-21)30-13-3-4-14-30)29-25(26-2)28-17-20-8-10-22(11-9-20)31-15-12-27-24(32)18-31;/h5-11,16,19H,3-4,12-15,17-18H2,1-2H3,(H,27,32)(H2,26,28,29);1H. The number of carbonyl (C=O) groups excluding carboxylic acids is 1. The SMILES string of the molecule is CN=C(NCc1ccc(N2CCNC(=O)C2)cc1)NC(C)c1cccc(N2CCCC2)c1.I. The van der Waals surface area contributed by atoms with E-state index in [9.17, 15) is 4.79 Å². The van der Waals surface area contributed by atoms with Crippen LogP contribution in [0.25, 0.3) is 0 Å². The van der Waals surface area contributed by atoms with E-state index in [0.717, 1.165) is 31.3 Å². The summed E-state index contributed by atoms with van der Waals surface area (Å²) in [5.41, 5.74) is 4.81. The van der Waals surface area contributed by atoms with Gasteiger partial charge in [-0.25, -0.2) is 0 Å². The number of nitrogens with zero attached hydrogens (tertiary/aromatic N) is 3. The summed E-state index contributed by atoms with van der Waals surface area (Å²) < 4.78 is 0. The van der Waals surface area contributed by atoms with Gasteiger partial charge in [-0.2, -0.15) is 0 Å². The van der Waals surface area contributed by atoms with Crippen molar-refractivity contribution in [3.63, 3.8) is 0 Å². The molecule has 0 bridgehead atoms. The summed E-state index contributed by atoms with van der Waals surface area (Å²) in [6, 6.07) is 17.3. The lowest BCUT2D eigenvalue weighted by Crippen LogP contribution is -2.47. The van der Waals surface area contributed by atoms with Crippen molar-refractivity contribution in [2.24, 2.45) is 4.99 Å². The van der Waals surface area contributed by atoms with Gasteiger partial charge in [-0.1, -0.05) is 24.3 Å². The van der Waals surface area contributed by atoms with Gasteiger partial charge in [0, 0.05) is 51.1 Å². The van der Waals surface area contributed by atoms with E-state index in [-0.39, 0.29) is 35.9 Å². The molecule has 33 heavy (non-hydrogen) atoms. The quantitative estimate of drug-likeness (QED) is 0.287. The average molecular weight is 563 g/mol. The number of nitrogens with one attached hydrogen (secondary N) is 3. The molecule has 2 aliphatic heterocycles. The van der Waals surface area contributed by atoms with Gasteiger partial charge < -0.3 is 25.8 Å². The van der Waals surface area contributed by atoms with Crippen LogP contribution in [0.5, 0.6) is 0 Å². The molecule has 1 unspecified atom stereocenters. The van der Waals surface area contributed by atoms with E-state index < -0.39 is 0 Å². The fourth-order valence-corrected chi connectivity index (χ4v) is 4.32. The summed E-state index contributed by atoms with van der Waals surface area (Å²) in [5, 5.41) is 9.78. The van der Waals surface area contributed by atoms with Crippen molar-refractivity contribution in [2.45, 2.75) is 32.4 Å². The Bertz CT molecular complexity index is 942. The summed E-state index contributed by atoms with van der Waals surface area (Å²) >= 11 is 0. The minimum atomic E-state index is 0. The first-order chi connectivity index (χ1) is 15.6. The van der Waals surface area contributed by atoms with Gasteiger partial charge in [0.1, 0.15) is 0 Å². The molecule has 0 aliphatic carbocycles. The van der Waals surface area contributed by atoms with Crippen LogP contribution >= 0.6 is 24.0 Å². The van der Waals surface area contributed by atoms with Crippen LogP contribution in [-0.4, -0.2) is 51.6 Å². The van der Waals surface area contributed by atoms with Crippen LogP contribution in [0.15, 0.2) is 53.5 Å². The zero-order valence-electron chi connectivity index (χ0n) is 19.5. The molecule has 2 saturated heterocycles. The first-order valence-electron chi connectivity index (χ1n) is 11.5. The monoisotopic (exact) mass is 562 g/mol. The second-order valence-corrected chi connectivity index (χ2v) is 8.52. The van der Waals surface area contributed by atoms with Crippen molar-refractivity contribution >= 4 is 47.2 Å². The number of amides is 1. The Morgan fingerprint density at radius 2 is 1.82 bits per heavy atom. The number of carbonyl (C=O) groups is 1. The van der Waals surface area contributed by atoms with Gasteiger partial charge in [0.25, 0.3) is 0 Å². The molecule has 1 atom stereocenters. The normalized spacial score (nSPS) is 17.3. The molecule has 8 heteroatoms. The lowest BCUT2D eigenvalue weighted by Gasteiger charge is -2.28. The van der Waals surface area contributed by atoms with Crippen LogP contribution in [0.2, 0.25) is 0 Å². The Kier molecular flexibility index (Phi) is 9.22. The Labute approximate surface area is 214 Å². The molecule has 4 rings (SSSR count). The molecular formula is C25H35IN6O. The highest BCUT2D eigenvalue weighted by atomic mass is 127. The minimum absolute atomic E-state index is 0. The molecule has 0 spiro atoms. The van der Waals surface area contributed by atoms with Crippen molar-refractivity contribution in [2.75, 3.05) is 49.6 Å². The summed E-state index contributed by atoms with van der Waals surface area (Å²) in [6.07, 6.45) is 2.56. The van der Waals surface area contributed by atoms with E-state index in [2.05, 4.69) is 86.2 Å². The number of hydrogen-bond donors (Lipinski definition) is 3. The van der Waals surface area contributed by atoms with Gasteiger partial charge >= 0.3 is 0 Å². The largest absolute Gasteiger partial charge is 0.372 e. The second kappa shape index (κ2) is 12.1. The van der Waals surface area contributed by atoms with E-state index in [1.807, 2.05) is 0 Å². The van der Waals surface area contributed by atoms with E-state index in [4.69, 9.17) is 0 Å². The third-order valence-electron chi connectivity index (χ3n) is 6.22. The van der Waals surface area contributed by atoms with E-state index in [1.54, 1.807) is 7.05 Å². The van der Waals surface area contributed by atoms with Crippen molar-refractivity contribution < 1.29 is 4.79 Å². The van der Waals surface area contributed by atoms with Gasteiger partial charge in [0.05, 0.1) is 12.6 Å². The molecule has 0 saturated carbocycles. The van der Waals surface area contributed by atoms with Crippen LogP contribution in [0.3, 0.4) is 0 Å². The number of benzene rings is 2. The predicted molar refractivity (Wildman–Crippen MR) is 147 cm³/mol. The number of piperazine rings is 1. The number of aliphatic imine (C=N–C) groups is 1. The number of hydrogen-bond acceptors (Lipinski definition) is 4. The van der Waals surface area contributed by atoms with Gasteiger partial charge in [-0.15, -0.1) is 24.0 Å². The van der Waals surface area contributed by atoms with Crippen molar-refractivity contribution in [1.82, 2.24) is 16.0 Å². The number of halogens is 1. The molecule has 2 aromatic carbocycles. The van der Waals surface area contributed by atoms with Crippen LogP contribution in [0.1, 0.15) is 36.9 Å². The maximum Gasteiger partial charge on any atom is 0.239 e. The molecule has 2 fully saturated rings. The molecule has 0 aromatic heterocycles. The Balaban J connectivity index is 0.00000306. The summed E-state index contributed by atoms with van der Waals surface area (Å²) in [4.78, 5) is 20.6. The Morgan fingerprint density at radius 3 is 2.52 bits per heavy atom. The summed E-state index contributed by atoms with van der Waals surface area (Å²) in [6.45, 7) is 7.11. The topological polar surface area (TPSA) is 72.0 Å². The smallest absolute Gasteiger partial charge is 0.239 e. The first kappa shape index (κ1) is 25.1. The van der Waals surface area contributed by atoms with E-state index >= 15 is 0 Å². The number of anilines is 2. The highest BCUT2D eigenvalue weighted by Crippen LogP contribution is 2.24. The second-order valence-electron chi connectivity index (χ2n) is 8.52. The molecule has 3 N–H and O–H groups in total. The van der Waals surface area contributed by atoms with E-state index in [0.29, 0.717) is 19.6 Å². The fourth-order valence-electron chi connectivity index (χ4n) is 4.32. The Morgan fingerprint density at radius 1 is 1.06 bits per heavy atom. The first-order valence-corrected chi connectivity index (χ1v) is 11.5. The number of rotatable bonds is 6. The third-order valence-corrected chi connectivity index (χ3v) is 6.22. The van der Waals surface area contributed by atoms with Crippen molar-refractivity contribution in [1.29, 1.82) is 0 Å². The summed E-state index contributed by atoms with van der Waals surface area (Å²) in [5.74, 6) is 0.859. The predicted octanol–water partition coefficient (Wildman–Crippen LogP) is 3.27. The van der Waals surface area contributed by atoms with Crippen LogP contribution in [0.4, 0.5) is 11.4 Å². The van der Waals surface area contributed by atoms with Crippen LogP contribution in [-0.2, 0) is 11.3 Å². The lowest BCUT2D eigenvalue weighted by atomic mass is 10.1. The van der Waals surface area contributed by atoms with Crippen molar-refractivity contribution in [3.8, 4) is 0 Å². The molecule has 2 aromatic rings. The highest BCUT2D eigenvalue weighted by molar-refractivity contribution is 14.0. The molecule has 2 heterocycles. The molecule has 7 nitrogen and oxygen atoms in total. The average Bonchev–Trinajstić information content (AvgIpc) is 3.37. The van der Waals surface area contributed by atoms with Gasteiger partial charge in [0.15, 0.2) is 5.96 Å². The maximum atomic E-state index is 11.6. The number of guanidine groups is 1. The third kappa shape index (κ3) is 6.75. The minimum Gasteiger partial charge on any atom is -0.372 e. The van der Waals surface area contributed by atoms with E-state index in [1.165, 1.54) is 29.7 Å². The van der Waals surface area contributed by atoms with Crippen LogP contribution in [0, 0.1) is 0 Å². The van der Waals surface area contributed by atoms with Crippen molar-refractivity contribution in [3.05, 3.63) is 59.7 Å². The maximum absolute atomic E-state index is 11.6. The molecule has 1 amide bonds. The van der Waals surface area contributed by atoms with Gasteiger partial charge in [0.2, 0.25) is 5.91 Å². The highest BCUT2D eigenvalue weighted by Gasteiger charge is 2.17. The zero-order valence-corrected chi connectivity index (χ0v) is 21.8. The Hall–Kier alpha value is -2.49. The molecule has 0 radical (unpaired) electrons. The molecular weight excluding hydrogens is 527 g/mol. The lowest BCUT2D eigenvalue weighted by molar-refractivity contribution is -0.120. The van der Waals surface area contributed by atoms with Gasteiger partial charge in [-0.05, 0) is 55.2 Å². The molecule has 2 aliphatic rings. The zero-order chi connectivity index (χ0) is 22.3. The van der Waals surface area contributed by atoms with Crippen LogP contribution < -0.4 is 25.8 Å². The van der Waals surface area contributed by atoms with Gasteiger partial charge in [-0.3, -0.25) is 9.79 Å². The fraction of sp³-hybridized carbons (Fsp3) is 0.440. The summed E-state index contributed by atoms with van der Waals surface area (Å²) in [7, 11) is 1.80. The molecule has 178 valence electrons.